The number of thiocarbonyl (C=S) groups is 1. The topological polar surface area (TPSA) is 66.7 Å². The third kappa shape index (κ3) is 4.24. The zero-order valence-corrected chi connectivity index (χ0v) is 19.4. The Bertz CT molecular complexity index is 1330. The lowest BCUT2D eigenvalue weighted by molar-refractivity contribution is -0.121. The molecule has 2 aromatic heterocycles. The summed E-state index contributed by atoms with van der Waals surface area (Å²) >= 11 is 6.50. The van der Waals surface area contributed by atoms with Gasteiger partial charge in [-0.1, -0.05) is 66.0 Å². The second-order valence-corrected chi connectivity index (χ2v) is 9.16. The molecule has 8 heteroatoms. The van der Waals surface area contributed by atoms with Crippen molar-refractivity contribution >= 4 is 51.7 Å². The molecule has 6 nitrogen and oxygen atoms in total. The minimum absolute atomic E-state index is 0.238. The number of carbonyl (C=O) groups excluding carboxylic acids is 1. The number of aromatic nitrogens is 2. The van der Waals surface area contributed by atoms with E-state index in [2.05, 4.69) is 11.9 Å². The van der Waals surface area contributed by atoms with Gasteiger partial charge in [0.15, 0.2) is 0 Å². The maximum Gasteiger partial charge on any atom is 0.267 e. The molecule has 0 radical (unpaired) electrons. The van der Waals surface area contributed by atoms with Crippen LogP contribution in [0.15, 0.2) is 64.9 Å². The molecule has 0 aliphatic carbocycles. The third-order valence-electron chi connectivity index (χ3n) is 5.13. The lowest BCUT2D eigenvalue weighted by atomic mass is 10.1. The summed E-state index contributed by atoms with van der Waals surface area (Å²) in [6, 6.07) is 11.8. The molecular weight excluding hydrogens is 440 g/mol. The predicted octanol–water partition coefficient (Wildman–Crippen LogP) is 4.31. The Morgan fingerprint density at radius 2 is 1.94 bits per heavy atom. The monoisotopic (exact) mass is 462 g/mol. The highest BCUT2D eigenvalue weighted by molar-refractivity contribution is 8.26. The molecule has 0 saturated carbocycles. The van der Waals surface area contributed by atoms with E-state index < -0.39 is 0 Å². The first-order valence-electron chi connectivity index (χ1n) is 10.1. The van der Waals surface area contributed by atoms with Gasteiger partial charge in [0.05, 0.1) is 10.5 Å². The lowest BCUT2D eigenvalue weighted by Crippen LogP contribution is -2.28. The molecule has 1 N–H and O–H groups in total. The van der Waals surface area contributed by atoms with Crippen LogP contribution < -0.4 is 10.9 Å². The van der Waals surface area contributed by atoms with Gasteiger partial charge in [0.25, 0.3) is 11.5 Å². The Morgan fingerprint density at radius 1 is 1.19 bits per heavy atom. The highest BCUT2D eigenvalue weighted by Gasteiger charge is 2.31. The highest BCUT2D eigenvalue weighted by Crippen LogP contribution is 2.33. The first-order chi connectivity index (χ1) is 15.4. The number of pyridine rings is 1. The minimum atomic E-state index is -0.251. The molecular formula is C24H22N4O2S2. The smallest absolute Gasteiger partial charge is 0.267 e. The molecule has 0 spiro atoms. The van der Waals surface area contributed by atoms with Crippen molar-refractivity contribution in [2.24, 2.45) is 0 Å². The molecule has 3 aromatic rings. The molecule has 1 aliphatic heterocycles. The van der Waals surface area contributed by atoms with E-state index in [1.54, 1.807) is 24.4 Å². The number of fused-ring (bicyclic) bond motifs is 1. The number of benzene rings is 1. The number of thioether (sulfide) groups is 1. The molecule has 1 aliphatic rings. The minimum Gasteiger partial charge on any atom is -0.365 e. The molecule has 32 heavy (non-hydrogen) atoms. The van der Waals surface area contributed by atoms with Crippen molar-refractivity contribution in [3.8, 4) is 0 Å². The summed E-state index contributed by atoms with van der Waals surface area (Å²) in [4.78, 5) is 32.8. The summed E-state index contributed by atoms with van der Waals surface area (Å²) in [5.41, 5.74) is 3.75. The van der Waals surface area contributed by atoms with Crippen LogP contribution >= 0.6 is 24.0 Å². The quantitative estimate of drug-likeness (QED) is 0.335. The molecule has 1 aromatic carbocycles. The van der Waals surface area contributed by atoms with Crippen molar-refractivity contribution in [2.45, 2.75) is 20.4 Å². The van der Waals surface area contributed by atoms with Crippen LogP contribution in [0.2, 0.25) is 0 Å². The number of hydrogen-bond donors (Lipinski definition) is 1. The number of amides is 1. The Balaban J connectivity index is 1.80. The Morgan fingerprint density at radius 3 is 2.66 bits per heavy atom. The number of carbonyl (C=O) groups is 1. The van der Waals surface area contributed by atoms with Crippen molar-refractivity contribution in [3.05, 3.63) is 92.8 Å². The van der Waals surface area contributed by atoms with E-state index in [4.69, 9.17) is 17.2 Å². The van der Waals surface area contributed by atoms with Gasteiger partial charge in [-0.15, -0.1) is 6.58 Å². The van der Waals surface area contributed by atoms with Gasteiger partial charge in [-0.05, 0) is 37.1 Å². The Kier molecular flexibility index (Phi) is 6.25. The van der Waals surface area contributed by atoms with Gasteiger partial charge >= 0.3 is 0 Å². The standard InChI is InChI=1S/C24H22N4O2S2/c1-4-11-28-23(30)19(32-24(28)31)13-18-20(25-14-17-9-7-15(2)8-10-17)26-21-16(3)6-5-12-27(21)22(18)29/h4-10,12-13,25H,1,11,14H2,2-3H3. The van der Waals surface area contributed by atoms with Crippen molar-refractivity contribution in [1.29, 1.82) is 0 Å². The maximum absolute atomic E-state index is 13.4. The van der Waals surface area contributed by atoms with E-state index in [1.165, 1.54) is 26.6 Å². The molecule has 3 heterocycles. The van der Waals surface area contributed by atoms with Crippen LogP contribution in [0.3, 0.4) is 0 Å². The highest BCUT2D eigenvalue weighted by atomic mass is 32.2. The summed E-state index contributed by atoms with van der Waals surface area (Å²) in [7, 11) is 0. The van der Waals surface area contributed by atoms with Gasteiger partial charge in [-0.3, -0.25) is 18.9 Å². The number of anilines is 1. The second kappa shape index (κ2) is 9.10. The molecule has 1 amide bonds. The molecule has 1 saturated heterocycles. The summed E-state index contributed by atoms with van der Waals surface area (Å²) in [5, 5.41) is 3.29. The molecule has 0 atom stereocenters. The van der Waals surface area contributed by atoms with Gasteiger partial charge in [0, 0.05) is 19.3 Å². The molecule has 162 valence electrons. The zero-order valence-electron chi connectivity index (χ0n) is 17.8. The van der Waals surface area contributed by atoms with E-state index in [1.807, 2.05) is 44.2 Å². The summed E-state index contributed by atoms with van der Waals surface area (Å²) in [6.45, 7) is 8.44. The number of aryl methyl sites for hydroxylation is 2. The van der Waals surface area contributed by atoms with Crippen LogP contribution in [0.4, 0.5) is 5.82 Å². The average Bonchev–Trinajstić information content (AvgIpc) is 3.04. The fourth-order valence-corrected chi connectivity index (χ4v) is 4.64. The van der Waals surface area contributed by atoms with Gasteiger partial charge in [-0.25, -0.2) is 4.98 Å². The number of rotatable bonds is 6. The molecule has 0 unspecified atom stereocenters. The summed E-state index contributed by atoms with van der Waals surface area (Å²) in [6.07, 6.45) is 4.89. The Labute approximate surface area is 195 Å². The van der Waals surface area contributed by atoms with E-state index in [0.29, 0.717) is 39.3 Å². The van der Waals surface area contributed by atoms with Crippen LogP contribution in [-0.4, -0.2) is 31.1 Å². The van der Waals surface area contributed by atoms with Crippen molar-refractivity contribution in [3.63, 3.8) is 0 Å². The molecule has 0 bridgehead atoms. The van der Waals surface area contributed by atoms with Crippen LogP contribution in [-0.2, 0) is 11.3 Å². The van der Waals surface area contributed by atoms with Crippen LogP contribution in [0.5, 0.6) is 0 Å². The summed E-state index contributed by atoms with van der Waals surface area (Å²) < 4.78 is 1.95. The fourth-order valence-electron chi connectivity index (χ4n) is 3.39. The van der Waals surface area contributed by atoms with E-state index in [9.17, 15) is 9.59 Å². The third-order valence-corrected chi connectivity index (χ3v) is 6.50. The first kappa shape index (κ1) is 22.0. The van der Waals surface area contributed by atoms with Gasteiger partial charge in [0.1, 0.15) is 15.8 Å². The molecule has 4 rings (SSSR count). The van der Waals surface area contributed by atoms with Crippen LogP contribution in [0.1, 0.15) is 22.3 Å². The van der Waals surface area contributed by atoms with Crippen LogP contribution in [0.25, 0.3) is 11.7 Å². The second-order valence-electron chi connectivity index (χ2n) is 7.48. The predicted molar refractivity (Wildman–Crippen MR) is 135 cm³/mol. The fraction of sp³-hybridized carbons (Fsp3) is 0.167. The van der Waals surface area contributed by atoms with Crippen LogP contribution in [0, 0.1) is 13.8 Å². The zero-order chi connectivity index (χ0) is 22.8. The number of hydrogen-bond acceptors (Lipinski definition) is 6. The van der Waals surface area contributed by atoms with Crippen molar-refractivity contribution < 1.29 is 4.79 Å². The SMILES string of the molecule is C=CCN1C(=O)C(=Cc2c(NCc3ccc(C)cc3)nc3c(C)cccn3c2=O)SC1=S. The molecule has 1 fully saturated rings. The first-order valence-corrected chi connectivity index (χ1v) is 11.3. The maximum atomic E-state index is 13.4. The normalized spacial score (nSPS) is 15.1. The lowest BCUT2D eigenvalue weighted by Gasteiger charge is -2.13. The van der Waals surface area contributed by atoms with E-state index in [-0.39, 0.29) is 11.5 Å². The van der Waals surface area contributed by atoms with Crippen molar-refractivity contribution in [1.82, 2.24) is 14.3 Å². The van der Waals surface area contributed by atoms with Crippen molar-refractivity contribution in [2.75, 3.05) is 11.9 Å². The largest absolute Gasteiger partial charge is 0.365 e. The van der Waals surface area contributed by atoms with E-state index >= 15 is 0 Å². The average molecular weight is 463 g/mol. The Hall–Kier alpha value is -3.23. The van der Waals surface area contributed by atoms with E-state index in [0.717, 1.165) is 11.1 Å². The van der Waals surface area contributed by atoms with Gasteiger partial charge in [-0.2, -0.15) is 0 Å². The number of nitrogens with zero attached hydrogens (tertiary/aromatic N) is 3. The summed E-state index contributed by atoms with van der Waals surface area (Å²) in [5.74, 6) is 0.192. The van der Waals surface area contributed by atoms with Gasteiger partial charge in [0.2, 0.25) is 0 Å². The van der Waals surface area contributed by atoms with Gasteiger partial charge < -0.3 is 5.32 Å². The number of nitrogens with one attached hydrogen (secondary N) is 1.